The van der Waals surface area contributed by atoms with Crippen molar-refractivity contribution in [3.63, 3.8) is 0 Å². The highest BCUT2D eigenvalue weighted by atomic mass is 32.1. The lowest BCUT2D eigenvalue weighted by atomic mass is 9.82. The Labute approximate surface area is 325 Å². The van der Waals surface area contributed by atoms with E-state index in [4.69, 9.17) is 0 Å². The first-order valence-electron chi connectivity index (χ1n) is 19.1. The zero-order valence-electron chi connectivity index (χ0n) is 30.8. The molecule has 10 aromatic rings. The van der Waals surface area contributed by atoms with E-state index in [1.807, 2.05) is 11.3 Å². The Morgan fingerprint density at radius 2 is 0.909 bits per heavy atom. The summed E-state index contributed by atoms with van der Waals surface area (Å²) in [6.45, 7) is 4.73. The van der Waals surface area contributed by atoms with Crippen molar-refractivity contribution in [2.45, 2.75) is 19.3 Å². The van der Waals surface area contributed by atoms with Crippen molar-refractivity contribution < 1.29 is 0 Å². The maximum Gasteiger partial charge on any atom is 0.0468 e. The second-order valence-electron chi connectivity index (χ2n) is 15.4. The summed E-state index contributed by atoms with van der Waals surface area (Å²) in [5.41, 5.74) is 13.7. The first kappa shape index (κ1) is 32.0. The molecule has 0 unspecified atom stereocenters. The van der Waals surface area contributed by atoms with Crippen LogP contribution in [-0.4, -0.2) is 0 Å². The smallest absolute Gasteiger partial charge is 0.0468 e. The van der Waals surface area contributed by atoms with Gasteiger partial charge in [0.15, 0.2) is 0 Å². The van der Waals surface area contributed by atoms with Gasteiger partial charge in [-0.2, -0.15) is 0 Å². The lowest BCUT2D eigenvalue weighted by molar-refractivity contribution is 0.660. The topological polar surface area (TPSA) is 3.24 Å². The second-order valence-corrected chi connectivity index (χ2v) is 16.5. The van der Waals surface area contributed by atoms with Crippen molar-refractivity contribution in [1.82, 2.24) is 0 Å². The fourth-order valence-corrected chi connectivity index (χ4v) is 10.0. The number of hydrogen-bond acceptors (Lipinski definition) is 2. The van der Waals surface area contributed by atoms with Gasteiger partial charge in [-0.3, -0.25) is 0 Å². The van der Waals surface area contributed by atoms with Crippen LogP contribution in [0.3, 0.4) is 0 Å². The maximum atomic E-state index is 2.46. The van der Waals surface area contributed by atoms with E-state index in [0.717, 1.165) is 17.1 Å². The maximum absolute atomic E-state index is 2.46. The summed E-state index contributed by atoms with van der Waals surface area (Å²) >= 11 is 1.87. The van der Waals surface area contributed by atoms with E-state index in [9.17, 15) is 0 Å². The van der Waals surface area contributed by atoms with Gasteiger partial charge >= 0.3 is 0 Å². The molecule has 1 nitrogen and oxygen atoms in total. The quantitative estimate of drug-likeness (QED) is 0.171. The predicted molar refractivity (Wildman–Crippen MR) is 237 cm³/mol. The molecule has 1 aromatic heterocycles. The van der Waals surface area contributed by atoms with Crippen LogP contribution in [0.2, 0.25) is 0 Å². The molecule has 1 heterocycles. The number of fused-ring (bicyclic) bond motifs is 8. The molecule has 0 bridgehead atoms. The van der Waals surface area contributed by atoms with Gasteiger partial charge < -0.3 is 4.90 Å². The molecule has 0 amide bonds. The Morgan fingerprint density at radius 1 is 0.364 bits per heavy atom. The van der Waals surface area contributed by atoms with Gasteiger partial charge in [0, 0.05) is 42.6 Å². The highest BCUT2D eigenvalue weighted by Gasteiger charge is 2.35. The van der Waals surface area contributed by atoms with Crippen molar-refractivity contribution in [3.8, 4) is 33.4 Å². The third kappa shape index (κ3) is 5.21. The van der Waals surface area contributed by atoms with Crippen LogP contribution in [-0.2, 0) is 5.41 Å². The van der Waals surface area contributed by atoms with Crippen LogP contribution in [0.15, 0.2) is 188 Å². The summed E-state index contributed by atoms with van der Waals surface area (Å²) in [6, 6.07) is 69.8. The molecule has 0 saturated heterocycles. The van der Waals surface area contributed by atoms with Crippen molar-refractivity contribution >= 4 is 70.1 Å². The average Bonchev–Trinajstić information content (AvgIpc) is 3.72. The number of hydrogen-bond donors (Lipinski definition) is 0. The van der Waals surface area contributed by atoms with Gasteiger partial charge in [0.25, 0.3) is 0 Å². The zero-order chi connectivity index (χ0) is 36.7. The molecule has 0 aliphatic heterocycles. The molecular weight excluding hydrogens is 683 g/mol. The van der Waals surface area contributed by atoms with Crippen LogP contribution in [0, 0.1) is 0 Å². The van der Waals surface area contributed by atoms with Crippen LogP contribution in [0.4, 0.5) is 17.1 Å². The van der Waals surface area contributed by atoms with E-state index in [-0.39, 0.29) is 5.41 Å². The second kappa shape index (κ2) is 12.3. The minimum absolute atomic E-state index is 0.0961. The van der Waals surface area contributed by atoms with Gasteiger partial charge in [-0.05, 0) is 133 Å². The van der Waals surface area contributed by atoms with Gasteiger partial charge in [-0.1, -0.05) is 135 Å². The summed E-state index contributed by atoms with van der Waals surface area (Å²) in [6.07, 6.45) is 0. The normalized spacial score (nSPS) is 13.1. The van der Waals surface area contributed by atoms with Gasteiger partial charge in [0.2, 0.25) is 0 Å². The van der Waals surface area contributed by atoms with E-state index in [0.29, 0.717) is 0 Å². The molecule has 1 aliphatic rings. The fourth-order valence-electron chi connectivity index (χ4n) is 8.92. The Kier molecular flexibility index (Phi) is 7.14. The van der Waals surface area contributed by atoms with Gasteiger partial charge in [-0.25, -0.2) is 0 Å². The largest absolute Gasteiger partial charge is 0.310 e. The molecule has 0 spiro atoms. The summed E-state index contributed by atoms with van der Waals surface area (Å²) in [4.78, 5) is 2.46. The summed E-state index contributed by atoms with van der Waals surface area (Å²) in [5.74, 6) is 0. The van der Waals surface area contributed by atoms with E-state index in [1.165, 1.54) is 86.2 Å². The predicted octanol–water partition coefficient (Wildman–Crippen LogP) is 15.5. The highest BCUT2D eigenvalue weighted by Crippen LogP contribution is 2.51. The van der Waals surface area contributed by atoms with Crippen LogP contribution in [0.25, 0.3) is 75.1 Å². The Morgan fingerprint density at radius 3 is 1.69 bits per heavy atom. The van der Waals surface area contributed by atoms with Crippen LogP contribution >= 0.6 is 11.3 Å². The molecule has 0 atom stereocenters. The third-order valence-corrected chi connectivity index (χ3v) is 13.0. The zero-order valence-corrected chi connectivity index (χ0v) is 31.6. The first-order valence-corrected chi connectivity index (χ1v) is 19.9. The lowest BCUT2D eigenvalue weighted by Gasteiger charge is -2.28. The molecule has 2 heteroatoms. The number of rotatable bonds is 5. The number of benzene rings is 9. The Balaban J connectivity index is 1.06. The molecular formula is C53H37NS. The SMILES string of the molecule is CC1(C)c2ccccc2-c2ccc(N(c3ccc4ccc(-c5ccc6ccc(-c7ccccc7)cc6c5)cc4c3)c3ccc4sc5ccccc5c4c3)cc21. The number of nitrogens with zero attached hydrogens (tertiary/aromatic N) is 1. The minimum Gasteiger partial charge on any atom is -0.310 e. The monoisotopic (exact) mass is 719 g/mol. The summed E-state index contributed by atoms with van der Waals surface area (Å²) < 4.78 is 2.63. The van der Waals surface area contributed by atoms with Gasteiger partial charge in [-0.15, -0.1) is 11.3 Å². The molecule has 55 heavy (non-hydrogen) atoms. The highest BCUT2D eigenvalue weighted by molar-refractivity contribution is 7.25. The van der Waals surface area contributed by atoms with Crippen LogP contribution < -0.4 is 4.90 Å². The van der Waals surface area contributed by atoms with Crippen molar-refractivity contribution in [1.29, 1.82) is 0 Å². The number of anilines is 3. The lowest BCUT2D eigenvalue weighted by Crippen LogP contribution is -2.16. The molecule has 9 aromatic carbocycles. The Bertz CT molecular complexity index is 3130. The van der Waals surface area contributed by atoms with Gasteiger partial charge in [0.05, 0.1) is 0 Å². The molecule has 11 rings (SSSR count). The van der Waals surface area contributed by atoms with E-state index < -0.39 is 0 Å². The molecule has 0 N–H and O–H groups in total. The van der Waals surface area contributed by atoms with Crippen molar-refractivity contribution in [3.05, 3.63) is 199 Å². The van der Waals surface area contributed by atoms with Gasteiger partial charge in [0.1, 0.15) is 0 Å². The van der Waals surface area contributed by atoms with E-state index in [1.54, 1.807) is 0 Å². The molecule has 1 aliphatic carbocycles. The Hall–Kier alpha value is -6.48. The van der Waals surface area contributed by atoms with E-state index in [2.05, 4.69) is 207 Å². The fraction of sp³-hybridized carbons (Fsp3) is 0.0566. The molecule has 0 saturated carbocycles. The van der Waals surface area contributed by atoms with E-state index >= 15 is 0 Å². The third-order valence-electron chi connectivity index (χ3n) is 11.8. The standard InChI is InChI=1S/C53H37NS/c1-53(2)49-14-8-6-12-45(49)46-26-24-44(33-50(46)53)54(43-25-27-52-48(32-43)47-13-7-9-15-51(47)55-52)42-23-22-36-18-21-39(30-41(36)31-42)38-20-17-35-16-19-37(28-40(35)29-38)34-10-4-3-5-11-34/h3-33H,1-2H3. The van der Waals surface area contributed by atoms with Crippen molar-refractivity contribution in [2.75, 3.05) is 4.90 Å². The molecule has 0 fully saturated rings. The van der Waals surface area contributed by atoms with Crippen LogP contribution in [0.5, 0.6) is 0 Å². The minimum atomic E-state index is -0.0961. The molecule has 260 valence electrons. The van der Waals surface area contributed by atoms with Crippen molar-refractivity contribution in [2.24, 2.45) is 0 Å². The average molecular weight is 720 g/mol. The van der Waals surface area contributed by atoms with Crippen LogP contribution in [0.1, 0.15) is 25.0 Å². The summed E-state index contributed by atoms with van der Waals surface area (Å²) in [7, 11) is 0. The summed E-state index contributed by atoms with van der Waals surface area (Å²) in [5, 5.41) is 7.55. The first-order chi connectivity index (χ1) is 27.0. The molecule has 0 radical (unpaired) electrons. The number of thiophene rings is 1.